The second kappa shape index (κ2) is 9.91. The summed E-state index contributed by atoms with van der Waals surface area (Å²) in [5, 5.41) is 9.12. The Kier molecular flexibility index (Phi) is 7.51. The molecule has 1 aromatic carbocycles. The van der Waals surface area contributed by atoms with Crippen LogP contribution in [-0.4, -0.2) is 68.1 Å². The smallest absolute Gasteiger partial charge is 0.265 e. The van der Waals surface area contributed by atoms with Crippen LogP contribution in [-0.2, 0) is 19.4 Å². The van der Waals surface area contributed by atoms with E-state index in [1.807, 2.05) is 13.0 Å². The van der Waals surface area contributed by atoms with Crippen LogP contribution in [0.5, 0.6) is 5.75 Å². The van der Waals surface area contributed by atoms with E-state index in [9.17, 15) is 13.2 Å². The molecule has 0 bridgehead atoms. The van der Waals surface area contributed by atoms with Gasteiger partial charge >= 0.3 is 0 Å². The number of amides is 1. The summed E-state index contributed by atoms with van der Waals surface area (Å²) in [7, 11) is -4.02. The quantitative estimate of drug-likeness (QED) is 0.381. The molecule has 0 unspecified atom stereocenters. The lowest BCUT2D eigenvalue weighted by molar-refractivity contribution is -0.134. The van der Waals surface area contributed by atoms with Gasteiger partial charge in [-0.25, -0.2) is 13.9 Å². The second-order valence-electron chi connectivity index (χ2n) is 7.71. The average Bonchev–Trinajstić information content (AvgIpc) is 2.78. The van der Waals surface area contributed by atoms with E-state index in [2.05, 4.69) is 11.0 Å². The zero-order valence-electron chi connectivity index (χ0n) is 17.2. The third-order valence-electron chi connectivity index (χ3n) is 5.90. The van der Waals surface area contributed by atoms with Crippen molar-refractivity contribution in [1.29, 1.82) is 0 Å². The lowest BCUT2D eigenvalue weighted by Gasteiger charge is -2.34. The standard InChI is InChI=1S/C21H30N2O6S/c1-2-3-12-23-13-8-18(9-14-23)29-17-4-6-19(7-5-17)30(26,27)21(20(24)22-25)10-15-28-16-11-21/h2-7,18,25H,8-16H2,1H3,(H,22,24)/b3-2+. The molecule has 2 fully saturated rings. The molecular weight excluding hydrogens is 408 g/mol. The zero-order chi connectivity index (χ0) is 21.6. The first-order valence-electron chi connectivity index (χ1n) is 10.3. The van der Waals surface area contributed by atoms with Crippen LogP contribution in [0.3, 0.4) is 0 Å². The molecule has 3 rings (SSSR count). The molecule has 2 heterocycles. The maximum Gasteiger partial charge on any atom is 0.265 e. The molecule has 9 heteroatoms. The minimum atomic E-state index is -4.02. The Labute approximate surface area is 177 Å². The van der Waals surface area contributed by atoms with Gasteiger partial charge in [-0.2, -0.15) is 0 Å². The van der Waals surface area contributed by atoms with Gasteiger partial charge in [0.25, 0.3) is 5.91 Å². The fraction of sp³-hybridized carbons (Fsp3) is 0.571. The van der Waals surface area contributed by atoms with E-state index in [0.29, 0.717) is 5.75 Å². The van der Waals surface area contributed by atoms with Crippen molar-refractivity contribution in [2.45, 2.75) is 48.4 Å². The first kappa shape index (κ1) is 22.7. The summed E-state index contributed by atoms with van der Waals surface area (Å²) < 4.78 is 36.0. The first-order valence-corrected chi connectivity index (χ1v) is 11.8. The first-order chi connectivity index (χ1) is 14.4. The van der Waals surface area contributed by atoms with Crippen molar-refractivity contribution in [1.82, 2.24) is 10.4 Å². The van der Waals surface area contributed by atoms with Crippen molar-refractivity contribution in [3.63, 3.8) is 0 Å². The molecule has 0 spiro atoms. The number of carbonyl (C=O) groups is 1. The van der Waals surface area contributed by atoms with Gasteiger partial charge in [0.1, 0.15) is 11.9 Å². The van der Waals surface area contributed by atoms with Crippen molar-refractivity contribution in [2.24, 2.45) is 0 Å². The monoisotopic (exact) mass is 438 g/mol. The second-order valence-corrected chi connectivity index (χ2v) is 9.97. The zero-order valence-corrected chi connectivity index (χ0v) is 18.1. The largest absolute Gasteiger partial charge is 0.490 e. The number of likely N-dealkylation sites (tertiary alicyclic amines) is 1. The number of carbonyl (C=O) groups excluding carboxylic acids is 1. The third kappa shape index (κ3) is 4.69. The molecule has 2 saturated heterocycles. The highest BCUT2D eigenvalue weighted by molar-refractivity contribution is 7.93. The lowest BCUT2D eigenvalue weighted by Crippen LogP contribution is -2.54. The van der Waals surface area contributed by atoms with Crippen LogP contribution >= 0.6 is 0 Å². The molecule has 2 aliphatic heterocycles. The molecule has 1 amide bonds. The Hall–Kier alpha value is -1.94. The van der Waals surface area contributed by atoms with Gasteiger partial charge in [0.15, 0.2) is 14.6 Å². The van der Waals surface area contributed by atoms with Crippen molar-refractivity contribution in [3.05, 3.63) is 36.4 Å². The molecular formula is C21H30N2O6S. The summed E-state index contributed by atoms with van der Waals surface area (Å²) in [6, 6.07) is 6.19. The van der Waals surface area contributed by atoms with Crippen molar-refractivity contribution < 1.29 is 27.9 Å². The molecule has 2 aliphatic rings. The Morgan fingerprint density at radius 1 is 1.27 bits per heavy atom. The van der Waals surface area contributed by atoms with E-state index < -0.39 is 20.5 Å². The molecule has 8 nitrogen and oxygen atoms in total. The Morgan fingerprint density at radius 2 is 1.90 bits per heavy atom. The number of hydroxylamine groups is 1. The van der Waals surface area contributed by atoms with E-state index in [1.165, 1.54) is 17.6 Å². The fourth-order valence-electron chi connectivity index (χ4n) is 4.00. The summed E-state index contributed by atoms with van der Waals surface area (Å²) in [6.45, 7) is 5.16. The summed E-state index contributed by atoms with van der Waals surface area (Å²) in [6.07, 6.45) is 6.10. The molecule has 1 aromatic rings. The highest BCUT2D eigenvalue weighted by Gasteiger charge is 2.52. The molecule has 166 valence electrons. The van der Waals surface area contributed by atoms with Gasteiger partial charge < -0.3 is 9.47 Å². The molecule has 0 radical (unpaired) electrons. The number of allylic oxidation sites excluding steroid dienone is 1. The maximum atomic E-state index is 13.3. The molecule has 0 atom stereocenters. The normalized spacial score (nSPS) is 20.9. The van der Waals surface area contributed by atoms with Crippen LogP contribution < -0.4 is 10.2 Å². The van der Waals surface area contributed by atoms with Gasteiger partial charge in [-0.3, -0.25) is 14.9 Å². The maximum absolute atomic E-state index is 13.3. The molecule has 2 N–H and O–H groups in total. The number of benzene rings is 1. The lowest BCUT2D eigenvalue weighted by atomic mass is 9.98. The predicted molar refractivity (Wildman–Crippen MR) is 111 cm³/mol. The Bertz CT molecular complexity index is 839. The van der Waals surface area contributed by atoms with Gasteiger partial charge in [0.2, 0.25) is 0 Å². The van der Waals surface area contributed by atoms with Gasteiger partial charge in [0.05, 0.1) is 4.90 Å². The number of hydrogen-bond acceptors (Lipinski definition) is 7. The molecule has 0 saturated carbocycles. The number of rotatable bonds is 7. The van der Waals surface area contributed by atoms with E-state index in [-0.39, 0.29) is 37.1 Å². The number of piperidine rings is 1. The van der Waals surface area contributed by atoms with Crippen LogP contribution in [0.1, 0.15) is 32.6 Å². The van der Waals surface area contributed by atoms with E-state index >= 15 is 0 Å². The highest BCUT2D eigenvalue weighted by atomic mass is 32.2. The minimum absolute atomic E-state index is 0.00816. The summed E-state index contributed by atoms with van der Waals surface area (Å²) in [5.41, 5.74) is 1.53. The van der Waals surface area contributed by atoms with E-state index in [0.717, 1.165) is 32.5 Å². The summed E-state index contributed by atoms with van der Waals surface area (Å²) in [5.74, 6) is -0.315. The Morgan fingerprint density at radius 3 is 2.47 bits per heavy atom. The average molecular weight is 439 g/mol. The van der Waals surface area contributed by atoms with Crippen molar-refractivity contribution in [3.8, 4) is 5.75 Å². The van der Waals surface area contributed by atoms with Gasteiger partial charge in [-0.05, 0) is 56.9 Å². The number of hydrogen-bond donors (Lipinski definition) is 2. The van der Waals surface area contributed by atoms with Crippen molar-refractivity contribution >= 4 is 15.7 Å². The van der Waals surface area contributed by atoms with Crippen LogP contribution in [0.25, 0.3) is 0 Å². The molecule has 30 heavy (non-hydrogen) atoms. The van der Waals surface area contributed by atoms with E-state index in [1.54, 1.807) is 12.1 Å². The van der Waals surface area contributed by atoms with Crippen LogP contribution in [0.2, 0.25) is 0 Å². The highest BCUT2D eigenvalue weighted by Crippen LogP contribution is 2.36. The van der Waals surface area contributed by atoms with Crippen LogP contribution in [0.4, 0.5) is 0 Å². The SMILES string of the molecule is C/C=C/CN1CCC(Oc2ccc(S(=O)(=O)C3(C(=O)NO)CCOCC3)cc2)CC1. The summed E-state index contributed by atoms with van der Waals surface area (Å²) >= 11 is 0. The van der Waals surface area contributed by atoms with Gasteiger partial charge in [0, 0.05) is 32.8 Å². The number of nitrogens with one attached hydrogen (secondary N) is 1. The van der Waals surface area contributed by atoms with Gasteiger partial charge in [-0.1, -0.05) is 12.2 Å². The predicted octanol–water partition coefficient (Wildman–Crippen LogP) is 1.93. The number of nitrogens with zero attached hydrogens (tertiary/aromatic N) is 1. The van der Waals surface area contributed by atoms with Crippen LogP contribution in [0.15, 0.2) is 41.3 Å². The van der Waals surface area contributed by atoms with Crippen molar-refractivity contribution in [2.75, 3.05) is 32.8 Å². The topological polar surface area (TPSA) is 105 Å². The fourth-order valence-corrected chi connectivity index (χ4v) is 5.94. The summed E-state index contributed by atoms with van der Waals surface area (Å²) in [4.78, 5) is 14.7. The van der Waals surface area contributed by atoms with Crippen LogP contribution in [0, 0.1) is 0 Å². The molecule has 0 aromatic heterocycles. The third-order valence-corrected chi connectivity index (χ3v) is 8.42. The number of sulfone groups is 1. The van der Waals surface area contributed by atoms with E-state index in [4.69, 9.17) is 14.7 Å². The van der Waals surface area contributed by atoms with Gasteiger partial charge in [-0.15, -0.1) is 0 Å². The Balaban J connectivity index is 1.68. The molecule has 0 aliphatic carbocycles. The minimum Gasteiger partial charge on any atom is -0.490 e. The number of ether oxygens (including phenoxy) is 2.